The average Bonchev–Trinajstić information content (AvgIpc) is 3.27. The van der Waals surface area contributed by atoms with Gasteiger partial charge in [0.15, 0.2) is 0 Å². The number of carbonyl (C=O) groups excluding carboxylic acids is 2. The van der Waals surface area contributed by atoms with Crippen molar-refractivity contribution in [2.75, 3.05) is 30.4 Å². The molecule has 1 aromatic rings. The van der Waals surface area contributed by atoms with Gasteiger partial charge in [-0.05, 0) is 31.2 Å². The van der Waals surface area contributed by atoms with Gasteiger partial charge in [-0.3, -0.25) is 9.36 Å². The first kappa shape index (κ1) is 24.9. The zero-order valence-electron chi connectivity index (χ0n) is 16.6. The van der Waals surface area contributed by atoms with E-state index < -0.39 is 31.4 Å². The minimum absolute atomic E-state index is 0. The normalized spacial score (nSPS) is 22.2. The van der Waals surface area contributed by atoms with Crippen molar-refractivity contribution in [3.8, 4) is 0 Å². The van der Waals surface area contributed by atoms with E-state index in [1.807, 2.05) is 30.3 Å². The van der Waals surface area contributed by atoms with Crippen LogP contribution in [-0.4, -0.2) is 62.2 Å². The van der Waals surface area contributed by atoms with Gasteiger partial charge in [0.2, 0.25) is 13.3 Å². The quantitative estimate of drug-likeness (QED) is 0.303. The van der Waals surface area contributed by atoms with Gasteiger partial charge in [-0.25, -0.2) is 0 Å². The molecule has 10 heteroatoms. The summed E-state index contributed by atoms with van der Waals surface area (Å²) >= 11 is 3.35. The van der Waals surface area contributed by atoms with Crippen molar-refractivity contribution in [1.82, 2.24) is 4.90 Å². The van der Waals surface area contributed by atoms with E-state index in [9.17, 15) is 24.2 Å². The number of unbranched alkanes of at least 4 members (excludes halogenated alkanes) is 1. The second kappa shape index (κ2) is 10.8. The predicted octanol–water partition coefficient (Wildman–Crippen LogP) is -1.19. The van der Waals surface area contributed by atoms with Crippen molar-refractivity contribution in [2.45, 2.75) is 35.8 Å². The molecule has 29 heavy (non-hydrogen) atoms. The Morgan fingerprint density at radius 2 is 1.86 bits per heavy atom. The van der Waals surface area contributed by atoms with E-state index in [-0.39, 0.29) is 29.1 Å². The molecule has 2 aliphatic heterocycles. The molecule has 0 aliphatic carbocycles. The molecule has 2 heterocycles. The van der Waals surface area contributed by atoms with Crippen molar-refractivity contribution < 1.29 is 43.0 Å². The van der Waals surface area contributed by atoms with Crippen LogP contribution in [0.15, 0.2) is 30.3 Å². The first-order chi connectivity index (χ1) is 13.3. The summed E-state index contributed by atoms with van der Waals surface area (Å²) in [7, 11) is -3.64. The van der Waals surface area contributed by atoms with Gasteiger partial charge >= 0.3 is 18.9 Å². The van der Waals surface area contributed by atoms with Crippen molar-refractivity contribution >= 4 is 42.8 Å². The van der Waals surface area contributed by atoms with Crippen molar-refractivity contribution in [3.05, 3.63) is 35.9 Å². The van der Waals surface area contributed by atoms with Crippen molar-refractivity contribution in [1.29, 1.82) is 0 Å². The van der Waals surface area contributed by atoms with E-state index in [0.717, 1.165) is 24.3 Å². The Balaban J connectivity index is 0.00000300. The third-order valence-corrected chi connectivity index (χ3v) is 10.4. The molecule has 1 N–H and O–H groups in total. The number of carboxylic acids is 1. The van der Waals surface area contributed by atoms with Crippen LogP contribution in [0.2, 0.25) is 0 Å². The molecule has 2 fully saturated rings. The maximum atomic E-state index is 12.7. The summed E-state index contributed by atoms with van der Waals surface area (Å²) in [6, 6.07) is 8.89. The van der Waals surface area contributed by atoms with E-state index >= 15 is 0 Å². The molecule has 2 atom stereocenters. The van der Waals surface area contributed by atoms with Crippen LogP contribution in [0.4, 0.5) is 0 Å². The summed E-state index contributed by atoms with van der Waals surface area (Å²) in [4.78, 5) is 35.7. The molecule has 1 aromatic carbocycles. The van der Waals surface area contributed by atoms with Gasteiger partial charge < -0.3 is 19.7 Å². The van der Waals surface area contributed by atoms with Crippen LogP contribution in [0.3, 0.4) is 0 Å². The van der Waals surface area contributed by atoms with Crippen LogP contribution < -0.4 is 24.0 Å². The number of likely N-dealkylation sites (tertiary alicyclic amines) is 1. The molecule has 0 saturated carbocycles. The van der Waals surface area contributed by atoms with Gasteiger partial charge in [-0.2, -0.15) is 0 Å². The number of hydrogen-bond acceptors (Lipinski definition) is 6. The van der Waals surface area contributed by atoms with Gasteiger partial charge in [0.1, 0.15) is 6.16 Å². The number of carbonyl (C=O) groups is 2. The molecule has 0 radical (unpaired) electrons. The predicted molar refractivity (Wildman–Crippen MR) is 112 cm³/mol. The number of aliphatic carboxylic acids is 1. The Morgan fingerprint density at radius 3 is 2.48 bits per heavy atom. The van der Waals surface area contributed by atoms with Crippen LogP contribution in [0.1, 0.15) is 24.8 Å². The summed E-state index contributed by atoms with van der Waals surface area (Å²) in [6.07, 6.45) is 2.06. The van der Waals surface area contributed by atoms with E-state index in [0.29, 0.717) is 19.4 Å². The SMILES string of the molecule is O=C([O-])[C@@H]1CC2(CN1C(=O)CP(=O)(O)CCCCc1ccccc1)SCCS2.[Li+]. The molecule has 6 nitrogen and oxygen atoms in total. The minimum atomic E-state index is -3.64. The number of amides is 1. The second-order valence-corrected chi connectivity index (χ2v) is 13.0. The van der Waals surface area contributed by atoms with E-state index in [1.165, 1.54) is 10.5 Å². The molecule has 154 valence electrons. The number of aryl methyl sites for hydroxylation is 1. The smallest absolute Gasteiger partial charge is 0.548 e. The molecule has 0 aromatic heterocycles. The average molecular weight is 449 g/mol. The number of carboxylic acid groups (broad SMARTS) is 1. The van der Waals surface area contributed by atoms with Crippen LogP contribution >= 0.6 is 30.9 Å². The Kier molecular flexibility index (Phi) is 9.27. The first-order valence-electron chi connectivity index (χ1n) is 9.43. The third-order valence-electron chi connectivity index (χ3n) is 5.15. The number of benzene rings is 1. The fraction of sp³-hybridized carbons (Fsp3) is 0.579. The topological polar surface area (TPSA) is 97.7 Å². The van der Waals surface area contributed by atoms with Gasteiger partial charge in [0.05, 0.1) is 16.1 Å². The van der Waals surface area contributed by atoms with Crippen molar-refractivity contribution in [2.24, 2.45) is 0 Å². The fourth-order valence-electron chi connectivity index (χ4n) is 3.73. The Bertz CT molecular complexity index is 760. The Morgan fingerprint density at radius 1 is 1.21 bits per heavy atom. The third kappa shape index (κ3) is 6.82. The number of nitrogens with zero attached hydrogens (tertiary/aromatic N) is 1. The summed E-state index contributed by atoms with van der Waals surface area (Å²) < 4.78 is 12.2. The minimum Gasteiger partial charge on any atom is -0.548 e. The monoisotopic (exact) mass is 449 g/mol. The zero-order valence-corrected chi connectivity index (χ0v) is 19.1. The molecule has 1 unspecified atom stereocenters. The number of hydrogen-bond donors (Lipinski definition) is 1. The van der Waals surface area contributed by atoms with Crippen LogP contribution in [0.25, 0.3) is 0 Å². The zero-order chi connectivity index (χ0) is 20.2. The van der Waals surface area contributed by atoms with Crippen LogP contribution in [-0.2, 0) is 20.6 Å². The molecular formula is C19H25LiNO5PS2. The van der Waals surface area contributed by atoms with Crippen molar-refractivity contribution in [3.63, 3.8) is 0 Å². The van der Waals surface area contributed by atoms with E-state index in [4.69, 9.17) is 0 Å². The summed E-state index contributed by atoms with van der Waals surface area (Å²) in [5, 5.41) is 11.5. The molecule has 3 rings (SSSR count). The van der Waals surface area contributed by atoms with Crippen LogP contribution in [0, 0.1) is 0 Å². The maximum absolute atomic E-state index is 12.7. The van der Waals surface area contributed by atoms with Crippen LogP contribution in [0.5, 0.6) is 0 Å². The molecular weight excluding hydrogens is 424 g/mol. The summed E-state index contributed by atoms with van der Waals surface area (Å²) in [5.41, 5.74) is 1.18. The molecule has 1 amide bonds. The number of thioether (sulfide) groups is 2. The van der Waals surface area contributed by atoms with Gasteiger partial charge in [-0.15, -0.1) is 23.5 Å². The first-order valence-corrected chi connectivity index (χ1v) is 13.4. The standard InChI is InChI=1S/C19H26NO5PS2.Li/c21-17(20-14-19(27-10-11-28-19)12-16(20)18(22)23)13-26(24,25)9-5-4-8-15-6-2-1-3-7-15;/h1-3,6-7,16H,4-5,8-14H2,(H,22,23)(H,24,25);/q;+1/p-1/t16-;/m0./s1. The number of rotatable bonds is 8. The summed E-state index contributed by atoms with van der Waals surface area (Å²) in [6.45, 7) is 0.299. The van der Waals surface area contributed by atoms with Gasteiger partial charge in [-0.1, -0.05) is 30.3 Å². The Labute approximate surface area is 192 Å². The fourth-order valence-corrected chi connectivity index (χ4v) is 8.47. The molecule has 1 spiro atoms. The maximum Gasteiger partial charge on any atom is 1.00 e. The van der Waals surface area contributed by atoms with E-state index in [2.05, 4.69) is 0 Å². The largest absolute Gasteiger partial charge is 1.00 e. The summed E-state index contributed by atoms with van der Waals surface area (Å²) in [5.74, 6) is 0.0145. The molecule has 2 saturated heterocycles. The van der Waals surface area contributed by atoms with Gasteiger partial charge in [0, 0.05) is 24.2 Å². The van der Waals surface area contributed by atoms with Gasteiger partial charge in [0.25, 0.3) is 0 Å². The Hall–Kier alpha value is -0.353. The second-order valence-electron chi connectivity index (χ2n) is 7.34. The van der Waals surface area contributed by atoms with E-state index in [1.54, 1.807) is 23.5 Å². The molecule has 0 bridgehead atoms. The molecule has 2 aliphatic rings.